The van der Waals surface area contributed by atoms with Gasteiger partial charge in [-0.3, -0.25) is 9.69 Å². The van der Waals surface area contributed by atoms with Gasteiger partial charge in [-0.1, -0.05) is 12.1 Å². The maximum absolute atomic E-state index is 12.8. The van der Waals surface area contributed by atoms with E-state index in [-0.39, 0.29) is 17.8 Å². The van der Waals surface area contributed by atoms with E-state index in [9.17, 15) is 13.6 Å². The molecule has 1 fully saturated rings. The topological polar surface area (TPSA) is 50.8 Å². The zero-order valence-corrected chi connectivity index (χ0v) is 15.8. The Bertz CT molecular complexity index is 587. The monoisotopic (exact) mass is 370 g/mol. The number of carbonyl (C=O) groups is 1. The third kappa shape index (κ3) is 6.53. The maximum Gasteiger partial charge on any atom is 0.387 e. The van der Waals surface area contributed by atoms with Crippen LogP contribution < -0.4 is 10.1 Å². The molecule has 7 heteroatoms. The van der Waals surface area contributed by atoms with Gasteiger partial charge in [-0.05, 0) is 51.8 Å². The molecule has 0 amide bonds. The highest BCUT2D eigenvalue weighted by Crippen LogP contribution is 2.20. The molecule has 1 heterocycles. The third-order valence-corrected chi connectivity index (χ3v) is 4.10. The van der Waals surface area contributed by atoms with Gasteiger partial charge in [-0.2, -0.15) is 8.78 Å². The Morgan fingerprint density at radius 2 is 1.96 bits per heavy atom. The van der Waals surface area contributed by atoms with E-state index in [1.54, 1.807) is 12.1 Å². The number of piperazine rings is 1. The third-order valence-electron chi connectivity index (χ3n) is 4.10. The number of hydrogen-bond acceptors (Lipinski definition) is 5. The van der Waals surface area contributed by atoms with Crippen molar-refractivity contribution in [3.63, 3.8) is 0 Å². The predicted octanol–water partition coefficient (Wildman–Crippen LogP) is 2.83. The van der Waals surface area contributed by atoms with Gasteiger partial charge in [0.2, 0.25) is 0 Å². The second kappa shape index (κ2) is 8.77. The number of ether oxygens (including phenoxy) is 2. The van der Waals surface area contributed by atoms with Crippen LogP contribution >= 0.6 is 0 Å². The summed E-state index contributed by atoms with van der Waals surface area (Å²) < 4.78 is 34.5. The number of hydrogen-bond donors (Lipinski definition) is 1. The molecule has 1 aliphatic heterocycles. The first-order valence-corrected chi connectivity index (χ1v) is 8.88. The molecule has 1 aromatic rings. The SMILES string of the molecule is C[C@H]1CN([C@@H](Cc2ccc(OC(F)F)cc2)C(=O)OC(C)(C)C)CCN1. The molecular weight excluding hydrogens is 342 g/mol. The van der Waals surface area contributed by atoms with E-state index < -0.39 is 18.3 Å². The molecule has 0 saturated carbocycles. The van der Waals surface area contributed by atoms with E-state index in [0.717, 1.165) is 25.2 Å². The summed E-state index contributed by atoms with van der Waals surface area (Å²) in [5, 5.41) is 3.36. The van der Waals surface area contributed by atoms with Gasteiger partial charge < -0.3 is 14.8 Å². The number of carbonyl (C=O) groups excluding carboxylic acids is 1. The van der Waals surface area contributed by atoms with Crippen molar-refractivity contribution in [1.82, 2.24) is 10.2 Å². The van der Waals surface area contributed by atoms with E-state index in [0.29, 0.717) is 6.42 Å². The second-order valence-corrected chi connectivity index (χ2v) is 7.63. The Balaban J connectivity index is 2.13. The van der Waals surface area contributed by atoms with Crippen molar-refractivity contribution in [2.75, 3.05) is 19.6 Å². The lowest BCUT2D eigenvalue weighted by Gasteiger charge is -2.37. The molecule has 0 unspecified atom stereocenters. The van der Waals surface area contributed by atoms with Gasteiger partial charge in [0.15, 0.2) is 0 Å². The van der Waals surface area contributed by atoms with Gasteiger partial charge in [0.05, 0.1) is 0 Å². The second-order valence-electron chi connectivity index (χ2n) is 7.63. The van der Waals surface area contributed by atoms with Crippen molar-refractivity contribution >= 4 is 5.97 Å². The minimum Gasteiger partial charge on any atom is -0.459 e. The van der Waals surface area contributed by atoms with Crippen molar-refractivity contribution < 1.29 is 23.0 Å². The summed E-state index contributed by atoms with van der Waals surface area (Å²) in [6.07, 6.45) is 0.455. The zero-order valence-electron chi connectivity index (χ0n) is 15.8. The van der Waals surface area contributed by atoms with Crippen molar-refractivity contribution in [1.29, 1.82) is 0 Å². The maximum atomic E-state index is 12.8. The van der Waals surface area contributed by atoms with Crippen molar-refractivity contribution in [2.24, 2.45) is 0 Å². The predicted molar refractivity (Wildman–Crippen MR) is 95.4 cm³/mol. The Labute approximate surface area is 153 Å². The molecule has 146 valence electrons. The normalized spacial score (nSPS) is 20.0. The summed E-state index contributed by atoms with van der Waals surface area (Å²) in [4.78, 5) is 14.9. The number of alkyl halides is 2. The van der Waals surface area contributed by atoms with Gasteiger partial charge in [0.1, 0.15) is 17.4 Å². The Morgan fingerprint density at radius 3 is 2.50 bits per heavy atom. The highest BCUT2D eigenvalue weighted by Gasteiger charge is 2.32. The van der Waals surface area contributed by atoms with E-state index in [2.05, 4.69) is 21.9 Å². The molecule has 2 atom stereocenters. The summed E-state index contributed by atoms with van der Waals surface area (Å²) in [5.74, 6) is -0.159. The van der Waals surface area contributed by atoms with E-state index in [1.807, 2.05) is 20.8 Å². The molecule has 26 heavy (non-hydrogen) atoms. The lowest BCUT2D eigenvalue weighted by Crippen LogP contribution is -2.56. The van der Waals surface area contributed by atoms with E-state index >= 15 is 0 Å². The van der Waals surface area contributed by atoms with Crippen LogP contribution in [0.5, 0.6) is 5.75 Å². The van der Waals surface area contributed by atoms with E-state index in [4.69, 9.17) is 4.74 Å². The number of nitrogens with zero attached hydrogens (tertiary/aromatic N) is 1. The average molecular weight is 370 g/mol. The molecule has 1 aliphatic rings. The molecule has 1 N–H and O–H groups in total. The average Bonchev–Trinajstić information content (AvgIpc) is 2.51. The molecule has 0 spiro atoms. The number of nitrogens with one attached hydrogen (secondary N) is 1. The van der Waals surface area contributed by atoms with Crippen LogP contribution in [0.4, 0.5) is 8.78 Å². The smallest absolute Gasteiger partial charge is 0.387 e. The van der Waals surface area contributed by atoms with Gasteiger partial charge in [-0.15, -0.1) is 0 Å². The summed E-state index contributed by atoms with van der Waals surface area (Å²) in [6, 6.07) is 6.28. The van der Waals surface area contributed by atoms with Crippen LogP contribution in [0.3, 0.4) is 0 Å². The van der Waals surface area contributed by atoms with Crippen LogP contribution in [0.1, 0.15) is 33.3 Å². The van der Waals surface area contributed by atoms with Gasteiger partial charge in [-0.25, -0.2) is 0 Å². The fourth-order valence-electron chi connectivity index (χ4n) is 3.01. The minimum absolute atomic E-state index is 0.105. The Hall–Kier alpha value is -1.73. The minimum atomic E-state index is -2.85. The Kier molecular flexibility index (Phi) is 6.94. The Morgan fingerprint density at radius 1 is 1.31 bits per heavy atom. The lowest BCUT2D eigenvalue weighted by atomic mass is 10.0. The van der Waals surface area contributed by atoms with Crippen LogP contribution in [0.2, 0.25) is 0 Å². The molecule has 0 aromatic heterocycles. The van der Waals surface area contributed by atoms with Crippen molar-refractivity contribution in [3.05, 3.63) is 29.8 Å². The molecule has 0 bridgehead atoms. The highest BCUT2D eigenvalue weighted by molar-refractivity contribution is 5.76. The van der Waals surface area contributed by atoms with Crippen LogP contribution in [0, 0.1) is 0 Å². The number of halogens is 2. The quantitative estimate of drug-likeness (QED) is 0.781. The standard InChI is InChI=1S/C19H28F2N2O3/c1-13-12-23(10-9-22-13)16(17(24)26-19(2,3)4)11-14-5-7-15(8-6-14)25-18(20)21/h5-8,13,16,18,22H,9-12H2,1-4H3/t13-,16-/m0/s1. The first kappa shape index (κ1) is 20.6. The summed E-state index contributed by atoms with van der Waals surface area (Å²) >= 11 is 0. The van der Waals surface area contributed by atoms with E-state index in [1.165, 1.54) is 12.1 Å². The molecular formula is C19H28F2N2O3. The van der Waals surface area contributed by atoms with Crippen LogP contribution in [0.25, 0.3) is 0 Å². The molecule has 0 radical (unpaired) electrons. The van der Waals surface area contributed by atoms with Gasteiger partial charge in [0.25, 0.3) is 0 Å². The molecule has 0 aliphatic carbocycles. The lowest BCUT2D eigenvalue weighted by molar-refractivity contribution is -0.162. The molecule has 5 nitrogen and oxygen atoms in total. The van der Waals surface area contributed by atoms with Crippen molar-refractivity contribution in [2.45, 2.75) is 58.4 Å². The van der Waals surface area contributed by atoms with Gasteiger partial charge >= 0.3 is 12.6 Å². The number of esters is 1. The summed E-state index contributed by atoms with van der Waals surface area (Å²) in [5.41, 5.74) is 0.304. The summed E-state index contributed by atoms with van der Waals surface area (Å²) in [7, 11) is 0. The summed E-state index contributed by atoms with van der Waals surface area (Å²) in [6.45, 7) is 7.07. The number of benzene rings is 1. The molecule has 2 rings (SSSR count). The van der Waals surface area contributed by atoms with Gasteiger partial charge in [0, 0.05) is 25.7 Å². The largest absolute Gasteiger partial charge is 0.459 e. The molecule has 1 saturated heterocycles. The fraction of sp³-hybridized carbons (Fsp3) is 0.632. The number of rotatable bonds is 6. The first-order valence-electron chi connectivity index (χ1n) is 8.88. The van der Waals surface area contributed by atoms with Crippen LogP contribution in [-0.4, -0.2) is 54.8 Å². The highest BCUT2D eigenvalue weighted by atomic mass is 19.3. The zero-order chi connectivity index (χ0) is 19.3. The fourth-order valence-corrected chi connectivity index (χ4v) is 3.01. The van der Waals surface area contributed by atoms with Crippen molar-refractivity contribution in [3.8, 4) is 5.75 Å². The van der Waals surface area contributed by atoms with Crippen LogP contribution in [0.15, 0.2) is 24.3 Å². The molecule has 1 aromatic carbocycles. The first-order chi connectivity index (χ1) is 12.1. The van der Waals surface area contributed by atoms with Crippen LogP contribution in [-0.2, 0) is 16.0 Å².